The fraction of sp³-hybridized carbons (Fsp3) is 0.533. The van der Waals surface area contributed by atoms with Crippen molar-refractivity contribution in [2.24, 2.45) is 5.92 Å². The van der Waals surface area contributed by atoms with Crippen LogP contribution in [0, 0.1) is 5.92 Å². The Bertz CT molecular complexity index is 390. The molecule has 0 aliphatic rings. The third kappa shape index (κ3) is 5.30. The van der Waals surface area contributed by atoms with Gasteiger partial charge in [-0.1, -0.05) is 20.3 Å². The van der Waals surface area contributed by atoms with E-state index in [4.69, 9.17) is 4.74 Å². The van der Waals surface area contributed by atoms with Gasteiger partial charge in [-0.05, 0) is 37.1 Å². The molecule has 0 fully saturated rings. The predicted molar refractivity (Wildman–Crippen MR) is 79.5 cm³/mol. The van der Waals surface area contributed by atoms with E-state index >= 15 is 0 Å². The summed E-state index contributed by atoms with van der Waals surface area (Å²) in [4.78, 5) is 11.4. The lowest BCUT2D eigenvalue weighted by atomic mass is 10.0. The quantitative estimate of drug-likeness (QED) is 0.795. The predicted octanol–water partition coefficient (Wildman–Crippen LogP) is 3.12. The van der Waals surface area contributed by atoms with Crippen LogP contribution < -0.4 is 10.6 Å². The first-order chi connectivity index (χ1) is 9.06. The Kier molecular flexibility index (Phi) is 6.36. The molecule has 0 heterocycles. The molecule has 0 saturated carbocycles. The number of hydrogen-bond donors (Lipinski definition) is 2. The van der Waals surface area contributed by atoms with Crippen molar-refractivity contribution in [1.82, 2.24) is 0 Å². The van der Waals surface area contributed by atoms with Gasteiger partial charge in [-0.2, -0.15) is 0 Å². The van der Waals surface area contributed by atoms with Gasteiger partial charge < -0.3 is 15.4 Å². The summed E-state index contributed by atoms with van der Waals surface area (Å²) in [7, 11) is 1.50. The van der Waals surface area contributed by atoms with Crippen LogP contribution in [0.4, 0.5) is 11.4 Å². The molecule has 0 bridgehead atoms. The largest absolute Gasteiger partial charge is 0.382 e. The number of carbonyl (C=O) groups excluding carboxylic acids is 1. The number of ether oxygens (including phenoxy) is 1. The molecule has 4 heteroatoms. The van der Waals surface area contributed by atoms with Gasteiger partial charge >= 0.3 is 0 Å². The van der Waals surface area contributed by atoms with E-state index in [1.807, 2.05) is 24.3 Å². The topological polar surface area (TPSA) is 50.4 Å². The second-order valence-corrected chi connectivity index (χ2v) is 4.88. The number of rotatable bonds is 7. The number of nitrogens with one attached hydrogen (secondary N) is 2. The minimum atomic E-state index is -0.142. The van der Waals surface area contributed by atoms with Crippen LogP contribution in [-0.2, 0) is 9.53 Å². The van der Waals surface area contributed by atoms with Crippen molar-refractivity contribution in [1.29, 1.82) is 0 Å². The number of carbonyl (C=O) groups is 1. The van der Waals surface area contributed by atoms with Crippen LogP contribution in [0.3, 0.4) is 0 Å². The molecule has 1 aromatic rings. The third-order valence-corrected chi connectivity index (χ3v) is 3.34. The highest BCUT2D eigenvalue weighted by Crippen LogP contribution is 2.17. The van der Waals surface area contributed by atoms with Crippen LogP contribution in [0.2, 0.25) is 0 Å². The summed E-state index contributed by atoms with van der Waals surface area (Å²) < 4.78 is 4.77. The molecular formula is C15H24N2O2. The molecule has 1 amide bonds. The standard InChI is InChI=1S/C15H24N2O2/c1-5-11(2)12(3)16-13-6-8-14(9-7-13)17-15(18)10-19-4/h6-9,11-12,16H,5,10H2,1-4H3,(H,17,18). The number of hydrogen-bond acceptors (Lipinski definition) is 3. The van der Waals surface area contributed by atoms with Gasteiger partial charge in [0.2, 0.25) is 5.91 Å². The summed E-state index contributed by atoms with van der Waals surface area (Å²) >= 11 is 0. The highest BCUT2D eigenvalue weighted by atomic mass is 16.5. The van der Waals surface area contributed by atoms with Crippen LogP contribution >= 0.6 is 0 Å². The second-order valence-electron chi connectivity index (χ2n) is 4.88. The fourth-order valence-electron chi connectivity index (χ4n) is 1.74. The van der Waals surface area contributed by atoms with E-state index in [0.717, 1.165) is 17.8 Å². The molecule has 4 nitrogen and oxygen atoms in total. The summed E-state index contributed by atoms with van der Waals surface area (Å²) in [5, 5.41) is 6.23. The summed E-state index contributed by atoms with van der Waals surface area (Å²) in [6, 6.07) is 8.15. The van der Waals surface area contributed by atoms with Gasteiger partial charge in [0.25, 0.3) is 0 Å². The molecule has 2 N–H and O–H groups in total. The Balaban J connectivity index is 2.54. The Morgan fingerprint density at radius 2 is 1.79 bits per heavy atom. The molecule has 0 aliphatic heterocycles. The highest BCUT2D eigenvalue weighted by Gasteiger charge is 2.09. The SMILES string of the molecule is CCC(C)C(C)Nc1ccc(NC(=O)COC)cc1. The Morgan fingerprint density at radius 3 is 2.32 bits per heavy atom. The molecule has 2 atom stereocenters. The number of anilines is 2. The zero-order chi connectivity index (χ0) is 14.3. The minimum Gasteiger partial charge on any atom is -0.382 e. The lowest BCUT2D eigenvalue weighted by Gasteiger charge is -2.21. The van der Waals surface area contributed by atoms with Crippen LogP contribution in [0.15, 0.2) is 24.3 Å². The van der Waals surface area contributed by atoms with E-state index in [0.29, 0.717) is 12.0 Å². The van der Waals surface area contributed by atoms with E-state index in [1.165, 1.54) is 7.11 Å². The van der Waals surface area contributed by atoms with Gasteiger partial charge in [0, 0.05) is 24.5 Å². The molecule has 0 aliphatic carbocycles. The lowest BCUT2D eigenvalue weighted by molar-refractivity contribution is -0.119. The van der Waals surface area contributed by atoms with Crippen LogP contribution in [0.1, 0.15) is 27.2 Å². The van der Waals surface area contributed by atoms with Gasteiger partial charge in [0.15, 0.2) is 0 Å². The molecule has 19 heavy (non-hydrogen) atoms. The highest BCUT2D eigenvalue weighted by molar-refractivity contribution is 5.91. The Labute approximate surface area is 115 Å². The van der Waals surface area contributed by atoms with E-state index in [-0.39, 0.29) is 12.5 Å². The van der Waals surface area contributed by atoms with Crippen LogP contribution in [0.25, 0.3) is 0 Å². The van der Waals surface area contributed by atoms with E-state index in [9.17, 15) is 4.79 Å². The average Bonchev–Trinajstić information content (AvgIpc) is 2.40. The summed E-state index contributed by atoms with van der Waals surface area (Å²) in [5.41, 5.74) is 1.85. The van der Waals surface area contributed by atoms with E-state index in [1.54, 1.807) is 0 Å². The maximum atomic E-state index is 11.4. The zero-order valence-corrected chi connectivity index (χ0v) is 12.2. The first kappa shape index (κ1) is 15.5. The first-order valence-electron chi connectivity index (χ1n) is 6.72. The molecule has 1 rings (SSSR count). The van der Waals surface area contributed by atoms with Crippen molar-refractivity contribution in [3.8, 4) is 0 Å². The molecule has 106 valence electrons. The number of benzene rings is 1. The van der Waals surface area contributed by atoms with Gasteiger partial charge in [-0.25, -0.2) is 0 Å². The van der Waals surface area contributed by atoms with E-state index < -0.39 is 0 Å². The molecule has 0 aromatic heterocycles. The minimum absolute atomic E-state index is 0.0745. The summed E-state index contributed by atoms with van der Waals surface area (Å²) in [6.45, 7) is 6.68. The molecular weight excluding hydrogens is 240 g/mol. The second kappa shape index (κ2) is 7.79. The molecule has 2 unspecified atom stereocenters. The Morgan fingerprint density at radius 1 is 1.21 bits per heavy atom. The van der Waals surface area contributed by atoms with Crippen molar-refractivity contribution < 1.29 is 9.53 Å². The normalized spacial score (nSPS) is 13.7. The Hall–Kier alpha value is -1.55. The molecule has 0 saturated heterocycles. The van der Waals surface area contributed by atoms with Crippen LogP contribution in [0.5, 0.6) is 0 Å². The van der Waals surface area contributed by atoms with Crippen molar-refractivity contribution in [2.75, 3.05) is 24.4 Å². The fourth-order valence-corrected chi connectivity index (χ4v) is 1.74. The number of methoxy groups -OCH3 is 1. The van der Waals surface area contributed by atoms with Gasteiger partial charge in [-0.3, -0.25) is 4.79 Å². The van der Waals surface area contributed by atoms with Crippen molar-refractivity contribution in [3.05, 3.63) is 24.3 Å². The van der Waals surface area contributed by atoms with Gasteiger partial charge in [0.1, 0.15) is 6.61 Å². The molecule has 1 aromatic carbocycles. The smallest absolute Gasteiger partial charge is 0.250 e. The summed E-state index contributed by atoms with van der Waals surface area (Å²) in [6.07, 6.45) is 1.15. The van der Waals surface area contributed by atoms with Gasteiger partial charge in [-0.15, -0.1) is 0 Å². The third-order valence-electron chi connectivity index (χ3n) is 3.34. The monoisotopic (exact) mass is 264 g/mol. The first-order valence-corrected chi connectivity index (χ1v) is 6.72. The maximum Gasteiger partial charge on any atom is 0.250 e. The maximum absolute atomic E-state index is 11.4. The average molecular weight is 264 g/mol. The zero-order valence-electron chi connectivity index (χ0n) is 12.2. The molecule has 0 spiro atoms. The van der Waals surface area contributed by atoms with Crippen LogP contribution in [-0.4, -0.2) is 25.7 Å². The van der Waals surface area contributed by atoms with Crippen molar-refractivity contribution in [3.63, 3.8) is 0 Å². The van der Waals surface area contributed by atoms with Gasteiger partial charge in [0.05, 0.1) is 0 Å². The number of amides is 1. The van der Waals surface area contributed by atoms with E-state index in [2.05, 4.69) is 31.4 Å². The summed E-state index contributed by atoms with van der Waals surface area (Å²) in [5.74, 6) is 0.484. The lowest BCUT2D eigenvalue weighted by Crippen LogP contribution is -2.23. The molecule has 0 radical (unpaired) electrons. The van der Waals surface area contributed by atoms with Crippen molar-refractivity contribution >= 4 is 17.3 Å². The van der Waals surface area contributed by atoms with Crippen molar-refractivity contribution in [2.45, 2.75) is 33.2 Å².